The summed E-state index contributed by atoms with van der Waals surface area (Å²) in [7, 11) is 0. The van der Waals surface area contributed by atoms with Gasteiger partial charge in [0.05, 0.1) is 0 Å². The van der Waals surface area contributed by atoms with Gasteiger partial charge in [-0.05, 0) is 34.5 Å². The Kier molecular flexibility index (Phi) is 4.55. The van der Waals surface area contributed by atoms with Crippen molar-refractivity contribution in [2.75, 3.05) is 31.1 Å². The lowest BCUT2D eigenvalue weighted by atomic mass is 10.1. The fourth-order valence-corrected chi connectivity index (χ4v) is 2.26. The average Bonchev–Trinajstić information content (AvgIpc) is 2.46. The van der Waals surface area contributed by atoms with Crippen molar-refractivity contribution in [3.05, 3.63) is 48.5 Å². The fraction of sp³-hybridized carbons (Fsp3) is 0.250. The van der Waals surface area contributed by atoms with Crippen LogP contribution in [-0.4, -0.2) is 26.2 Å². The molecule has 3 nitrogen and oxygen atoms in total. The third kappa shape index (κ3) is 3.13. The molecule has 0 aliphatic heterocycles. The predicted molar refractivity (Wildman–Crippen MR) is 84.4 cm³/mol. The standard InChI is InChI=1S/C16H21N3/c1-2-13-3-4-15-12-16(6-5-14(15)11-13)19(9-7-17)10-8-18/h2-6,11-12H,1,7-10,17-18H2. The molecule has 0 aliphatic carbocycles. The maximum atomic E-state index is 5.65. The van der Waals surface area contributed by atoms with Crippen molar-refractivity contribution in [2.45, 2.75) is 0 Å². The van der Waals surface area contributed by atoms with Crippen LogP contribution in [0, 0.1) is 0 Å². The van der Waals surface area contributed by atoms with Crippen LogP contribution in [-0.2, 0) is 0 Å². The number of anilines is 1. The van der Waals surface area contributed by atoms with Crippen LogP contribution in [0.4, 0.5) is 5.69 Å². The van der Waals surface area contributed by atoms with Gasteiger partial charge in [0, 0.05) is 31.9 Å². The van der Waals surface area contributed by atoms with E-state index in [2.05, 4.69) is 47.9 Å². The second-order valence-corrected chi connectivity index (χ2v) is 4.56. The van der Waals surface area contributed by atoms with Crippen LogP contribution in [0.3, 0.4) is 0 Å². The third-order valence-electron chi connectivity index (χ3n) is 3.25. The van der Waals surface area contributed by atoms with Crippen molar-refractivity contribution in [3.63, 3.8) is 0 Å². The SMILES string of the molecule is C=Cc1ccc2cc(N(CCN)CCN)ccc2c1. The number of benzene rings is 2. The van der Waals surface area contributed by atoms with Gasteiger partial charge >= 0.3 is 0 Å². The molecule has 0 aromatic heterocycles. The Morgan fingerprint density at radius 1 is 0.947 bits per heavy atom. The molecule has 0 unspecified atom stereocenters. The van der Waals surface area contributed by atoms with E-state index in [4.69, 9.17) is 11.5 Å². The molecule has 0 spiro atoms. The van der Waals surface area contributed by atoms with Crippen LogP contribution in [0.15, 0.2) is 43.0 Å². The highest BCUT2D eigenvalue weighted by Crippen LogP contribution is 2.23. The van der Waals surface area contributed by atoms with Crippen molar-refractivity contribution < 1.29 is 0 Å². The van der Waals surface area contributed by atoms with E-state index in [1.54, 1.807) is 0 Å². The van der Waals surface area contributed by atoms with E-state index in [0.29, 0.717) is 13.1 Å². The monoisotopic (exact) mass is 255 g/mol. The van der Waals surface area contributed by atoms with E-state index in [1.165, 1.54) is 16.5 Å². The zero-order valence-electron chi connectivity index (χ0n) is 11.2. The summed E-state index contributed by atoms with van der Waals surface area (Å²) in [6.07, 6.45) is 1.86. The highest BCUT2D eigenvalue weighted by atomic mass is 15.1. The van der Waals surface area contributed by atoms with Crippen molar-refractivity contribution >= 4 is 22.5 Å². The molecule has 0 fully saturated rings. The number of nitrogens with two attached hydrogens (primary N) is 2. The zero-order chi connectivity index (χ0) is 13.7. The number of rotatable bonds is 6. The van der Waals surface area contributed by atoms with E-state index in [0.717, 1.165) is 18.7 Å². The van der Waals surface area contributed by atoms with Gasteiger partial charge in [-0.25, -0.2) is 0 Å². The Morgan fingerprint density at radius 3 is 2.21 bits per heavy atom. The molecule has 0 heterocycles. The fourth-order valence-electron chi connectivity index (χ4n) is 2.26. The lowest BCUT2D eigenvalue weighted by Gasteiger charge is -2.23. The first-order chi connectivity index (χ1) is 9.28. The first-order valence-corrected chi connectivity index (χ1v) is 6.60. The van der Waals surface area contributed by atoms with Crippen molar-refractivity contribution in [1.29, 1.82) is 0 Å². The van der Waals surface area contributed by atoms with Gasteiger partial charge in [-0.2, -0.15) is 0 Å². The topological polar surface area (TPSA) is 55.3 Å². The second kappa shape index (κ2) is 6.36. The maximum absolute atomic E-state index is 5.65. The zero-order valence-corrected chi connectivity index (χ0v) is 11.2. The summed E-state index contributed by atoms with van der Waals surface area (Å²) < 4.78 is 0. The van der Waals surface area contributed by atoms with Crippen LogP contribution in [0.25, 0.3) is 16.8 Å². The smallest absolute Gasteiger partial charge is 0.0373 e. The number of fused-ring (bicyclic) bond motifs is 1. The van der Waals surface area contributed by atoms with Gasteiger partial charge in [0.15, 0.2) is 0 Å². The van der Waals surface area contributed by atoms with Crippen molar-refractivity contribution in [1.82, 2.24) is 0 Å². The maximum Gasteiger partial charge on any atom is 0.0373 e. The molecule has 0 saturated heterocycles. The van der Waals surface area contributed by atoms with E-state index in [1.807, 2.05) is 6.08 Å². The highest BCUT2D eigenvalue weighted by Gasteiger charge is 2.05. The molecule has 0 atom stereocenters. The van der Waals surface area contributed by atoms with E-state index in [9.17, 15) is 0 Å². The molecule has 2 rings (SSSR count). The molecular weight excluding hydrogens is 234 g/mol. The van der Waals surface area contributed by atoms with Crippen LogP contribution in [0.5, 0.6) is 0 Å². The lowest BCUT2D eigenvalue weighted by Crippen LogP contribution is -2.33. The van der Waals surface area contributed by atoms with Gasteiger partial charge in [-0.3, -0.25) is 0 Å². The minimum absolute atomic E-state index is 0.632. The van der Waals surface area contributed by atoms with Gasteiger partial charge < -0.3 is 16.4 Å². The lowest BCUT2D eigenvalue weighted by molar-refractivity contribution is 0.783. The molecule has 19 heavy (non-hydrogen) atoms. The molecular formula is C16H21N3. The molecule has 0 amide bonds. The van der Waals surface area contributed by atoms with E-state index >= 15 is 0 Å². The number of nitrogens with zero attached hydrogens (tertiary/aromatic N) is 1. The molecule has 0 radical (unpaired) electrons. The minimum atomic E-state index is 0.632. The molecule has 3 heteroatoms. The average molecular weight is 255 g/mol. The third-order valence-corrected chi connectivity index (χ3v) is 3.25. The first kappa shape index (κ1) is 13.6. The Hall–Kier alpha value is -1.84. The van der Waals surface area contributed by atoms with Gasteiger partial charge in [-0.15, -0.1) is 0 Å². The van der Waals surface area contributed by atoms with Crippen LogP contribution in [0.1, 0.15) is 5.56 Å². The highest BCUT2D eigenvalue weighted by molar-refractivity contribution is 5.87. The quantitative estimate of drug-likeness (QED) is 0.832. The van der Waals surface area contributed by atoms with Crippen LogP contribution < -0.4 is 16.4 Å². The van der Waals surface area contributed by atoms with Gasteiger partial charge in [0.25, 0.3) is 0 Å². The summed E-state index contributed by atoms with van der Waals surface area (Å²) in [4.78, 5) is 2.22. The summed E-state index contributed by atoms with van der Waals surface area (Å²) in [5.74, 6) is 0. The number of hydrogen-bond donors (Lipinski definition) is 2. The molecule has 4 N–H and O–H groups in total. The summed E-state index contributed by atoms with van der Waals surface area (Å²) in [5, 5.41) is 2.45. The molecule has 0 aliphatic rings. The Labute approximate surface area is 114 Å². The summed E-state index contributed by atoms with van der Waals surface area (Å²) in [6, 6.07) is 12.8. The Morgan fingerprint density at radius 2 is 1.58 bits per heavy atom. The van der Waals surface area contributed by atoms with E-state index in [-0.39, 0.29) is 0 Å². The van der Waals surface area contributed by atoms with Crippen LogP contribution >= 0.6 is 0 Å². The molecule has 0 saturated carbocycles. The largest absolute Gasteiger partial charge is 0.369 e. The minimum Gasteiger partial charge on any atom is -0.369 e. The Bertz CT molecular complexity index is 557. The summed E-state index contributed by atoms with van der Waals surface area (Å²) in [6.45, 7) is 6.71. The van der Waals surface area contributed by atoms with Gasteiger partial charge in [-0.1, -0.05) is 30.9 Å². The summed E-state index contributed by atoms with van der Waals surface area (Å²) >= 11 is 0. The normalized spacial score (nSPS) is 10.6. The first-order valence-electron chi connectivity index (χ1n) is 6.60. The van der Waals surface area contributed by atoms with Crippen LogP contribution in [0.2, 0.25) is 0 Å². The molecule has 2 aromatic rings. The predicted octanol–water partition coefficient (Wildman–Crippen LogP) is 2.21. The van der Waals surface area contributed by atoms with Crippen molar-refractivity contribution in [2.24, 2.45) is 11.5 Å². The van der Waals surface area contributed by atoms with Gasteiger partial charge in [0.1, 0.15) is 0 Å². The molecule has 2 aromatic carbocycles. The molecule has 100 valence electrons. The van der Waals surface area contributed by atoms with Crippen molar-refractivity contribution in [3.8, 4) is 0 Å². The Balaban J connectivity index is 2.36. The van der Waals surface area contributed by atoms with E-state index < -0.39 is 0 Å². The van der Waals surface area contributed by atoms with Gasteiger partial charge in [0.2, 0.25) is 0 Å². The molecule has 0 bridgehead atoms. The summed E-state index contributed by atoms with van der Waals surface area (Å²) in [5.41, 5.74) is 13.6. The number of hydrogen-bond acceptors (Lipinski definition) is 3. The second-order valence-electron chi connectivity index (χ2n) is 4.56.